The van der Waals surface area contributed by atoms with E-state index >= 15 is 0 Å². The number of carbonyl (C=O) groups is 1. The first-order valence-corrected chi connectivity index (χ1v) is 8.89. The lowest BCUT2D eigenvalue weighted by Crippen LogP contribution is -2.41. The average molecular weight is 345 g/mol. The van der Waals surface area contributed by atoms with Crippen LogP contribution in [0.1, 0.15) is 49.5 Å². The number of likely N-dealkylation sites (tertiary alicyclic amines) is 1. The minimum atomic E-state index is -0.709. The zero-order valence-corrected chi connectivity index (χ0v) is 14.2. The molecule has 0 spiro atoms. The van der Waals surface area contributed by atoms with E-state index in [2.05, 4.69) is 0 Å². The summed E-state index contributed by atoms with van der Waals surface area (Å²) in [5.74, 6) is 0.269. The predicted octanol–water partition coefficient (Wildman–Crippen LogP) is 3.86. The van der Waals surface area contributed by atoms with E-state index in [1.807, 2.05) is 4.90 Å². The SMILES string of the molecule is O=C(Cc1ccc(F)cc1)N1CCCCCC1CC(O)c1ccco1. The third-order valence-electron chi connectivity index (χ3n) is 4.83. The zero-order chi connectivity index (χ0) is 17.6. The molecule has 3 rings (SSSR count). The summed E-state index contributed by atoms with van der Waals surface area (Å²) in [6.45, 7) is 0.704. The van der Waals surface area contributed by atoms with Gasteiger partial charge in [0, 0.05) is 19.0 Å². The molecule has 2 heterocycles. The molecule has 134 valence electrons. The van der Waals surface area contributed by atoms with E-state index < -0.39 is 6.10 Å². The van der Waals surface area contributed by atoms with Gasteiger partial charge in [0.05, 0.1) is 12.7 Å². The van der Waals surface area contributed by atoms with Gasteiger partial charge in [-0.05, 0) is 42.7 Å². The lowest BCUT2D eigenvalue weighted by molar-refractivity contribution is -0.133. The first-order valence-electron chi connectivity index (χ1n) is 8.89. The number of amides is 1. The van der Waals surface area contributed by atoms with Gasteiger partial charge in [-0.25, -0.2) is 4.39 Å². The van der Waals surface area contributed by atoms with Gasteiger partial charge in [0.1, 0.15) is 17.7 Å². The number of aliphatic hydroxyl groups excluding tert-OH is 1. The van der Waals surface area contributed by atoms with E-state index in [-0.39, 0.29) is 24.2 Å². The molecule has 2 aromatic rings. The van der Waals surface area contributed by atoms with Gasteiger partial charge in [-0.15, -0.1) is 0 Å². The van der Waals surface area contributed by atoms with Crippen LogP contribution >= 0.6 is 0 Å². The molecule has 4 nitrogen and oxygen atoms in total. The van der Waals surface area contributed by atoms with Crippen molar-refractivity contribution in [2.45, 2.75) is 50.7 Å². The summed E-state index contributed by atoms with van der Waals surface area (Å²) >= 11 is 0. The fourth-order valence-corrected chi connectivity index (χ4v) is 3.48. The third-order valence-corrected chi connectivity index (χ3v) is 4.83. The Bertz CT molecular complexity index is 669. The highest BCUT2D eigenvalue weighted by molar-refractivity contribution is 5.79. The fourth-order valence-electron chi connectivity index (χ4n) is 3.48. The normalized spacial score (nSPS) is 19.4. The Morgan fingerprint density at radius 3 is 2.76 bits per heavy atom. The summed E-state index contributed by atoms with van der Waals surface area (Å²) in [5.41, 5.74) is 0.806. The Hall–Kier alpha value is -2.14. The molecule has 1 aliphatic heterocycles. The van der Waals surface area contributed by atoms with Crippen LogP contribution in [0, 0.1) is 5.82 Å². The van der Waals surface area contributed by atoms with Gasteiger partial charge in [0.2, 0.25) is 5.91 Å². The van der Waals surface area contributed by atoms with Gasteiger partial charge in [0.15, 0.2) is 0 Å². The second-order valence-corrected chi connectivity index (χ2v) is 6.66. The quantitative estimate of drug-likeness (QED) is 0.895. The van der Waals surface area contributed by atoms with E-state index in [9.17, 15) is 14.3 Å². The molecule has 1 amide bonds. The Balaban J connectivity index is 1.68. The van der Waals surface area contributed by atoms with Crippen molar-refractivity contribution in [3.63, 3.8) is 0 Å². The van der Waals surface area contributed by atoms with Gasteiger partial charge in [0.25, 0.3) is 0 Å². The second kappa shape index (κ2) is 8.30. The maximum absolute atomic E-state index is 13.0. The van der Waals surface area contributed by atoms with Crippen molar-refractivity contribution in [2.24, 2.45) is 0 Å². The van der Waals surface area contributed by atoms with Crippen LogP contribution in [-0.4, -0.2) is 28.5 Å². The zero-order valence-electron chi connectivity index (χ0n) is 14.2. The van der Waals surface area contributed by atoms with Crippen LogP contribution in [0.5, 0.6) is 0 Å². The highest BCUT2D eigenvalue weighted by Crippen LogP contribution is 2.27. The van der Waals surface area contributed by atoms with Crippen molar-refractivity contribution in [1.29, 1.82) is 0 Å². The average Bonchev–Trinajstić information content (AvgIpc) is 3.04. The van der Waals surface area contributed by atoms with E-state index in [0.717, 1.165) is 31.2 Å². The maximum atomic E-state index is 13.0. The molecule has 2 atom stereocenters. The molecule has 1 fully saturated rings. The largest absolute Gasteiger partial charge is 0.467 e. The fraction of sp³-hybridized carbons (Fsp3) is 0.450. The number of hydrogen-bond donors (Lipinski definition) is 1. The third kappa shape index (κ3) is 4.69. The molecule has 0 aliphatic carbocycles. The van der Waals surface area contributed by atoms with Gasteiger partial charge < -0.3 is 14.4 Å². The van der Waals surface area contributed by atoms with Gasteiger partial charge in [-0.3, -0.25) is 4.79 Å². The first kappa shape index (κ1) is 17.7. The van der Waals surface area contributed by atoms with E-state index in [1.54, 1.807) is 30.5 Å². The number of hydrogen-bond acceptors (Lipinski definition) is 3. The Labute approximate surface area is 147 Å². The van der Waals surface area contributed by atoms with Crippen LogP contribution in [0.4, 0.5) is 4.39 Å². The molecule has 25 heavy (non-hydrogen) atoms. The summed E-state index contributed by atoms with van der Waals surface area (Å²) < 4.78 is 18.3. The number of carbonyl (C=O) groups excluding carboxylic acids is 1. The van der Waals surface area contributed by atoms with Crippen molar-refractivity contribution < 1.29 is 18.7 Å². The van der Waals surface area contributed by atoms with E-state index in [0.29, 0.717) is 18.7 Å². The van der Waals surface area contributed by atoms with Crippen LogP contribution in [0.3, 0.4) is 0 Å². The molecule has 1 saturated heterocycles. The number of aliphatic hydroxyl groups is 1. The van der Waals surface area contributed by atoms with E-state index in [1.165, 1.54) is 12.1 Å². The smallest absolute Gasteiger partial charge is 0.227 e. The molecule has 1 aromatic heterocycles. The molecule has 0 bridgehead atoms. The van der Waals surface area contributed by atoms with Crippen molar-refractivity contribution >= 4 is 5.91 Å². The Morgan fingerprint density at radius 1 is 1.24 bits per heavy atom. The molecular weight excluding hydrogens is 321 g/mol. The van der Waals surface area contributed by atoms with Crippen molar-refractivity contribution in [1.82, 2.24) is 4.90 Å². The monoisotopic (exact) mass is 345 g/mol. The molecule has 0 radical (unpaired) electrons. The summed E-state index contributed by atoms with van der Waals surface area (Å²) in [5, 5.41) is 10.4. The number of halogens is 1. The first-order chi connectivity index (χ1) is 12.1. The van der Waals surface area contributed by atoms with Crippen LogP contribution in [0.25, 0.3) is 0 Å². The molecular formula is C20H24FNO3. The van der Waals surface area contributed by atoms with E-state index in [4.69, 9.17) is 4.42 Å². The topological polar surface area (TPSA) is 53.7 Å². The number of rotatable bonds is 5. The predicted molar refractivity (Wildman–Crippen MR) is 92.4 cm³/mol. The standard InChI is InChI=1S/C20H24FNO3/c21-16-9-7-15(8-10-16)13-20(24)22-11-3-1-2-5-17(22)14-18(23)19-6-4-12-25-19/h4,6-10,12,17-18,23H,1-3,5,11,13-14H2. The molecule has 2 unspecified atom stereocenters. The molecule has 0 saturated carbocycles. The van der Waals surface area contributed by atoms with Gasteiger partial charge in [-0.1, -0.05) is 25.0 Å². The Kier molecular flexibility index (Phi) is 5.87. The molecule has 1 aromatic carbocycles. The number of furan rings is 1. The van der Waals surface area contributed by atoms with Crippen LogP contribution < -0.4 is 0 Å². The molecule has 1 aliphatic rings. The highest BCUT2D eigenvalue weighted by atomic mass is 19.1. The van der Waals surface area contributed by atoms with Crippen molar-refractivity contribution in [3.05, 3.63) is 59.8 Å². The van der Waals surface area contributed by atoms with Crippen LogP contribution in [0.15, 0.2) is 47.1 Å². The second-order valence-electron chi connectivity index (χ2n) is 6.66. The van der Waals surface area contributed by atoms with Crippen LogP contribution in [-0.2, 0) is 11.2 Å². The Morgan fingerprint density at radius 2 is 2.04 bits per heavy atom. The minimum Gasteiger partial charge on any atom is -0.467 e. The minimum absolute atomic E-state index is 0.00412. The summed E-state index contributed by atoms with van der Waals surface area (Å²) in [4.78, 5) is 14.7. The number of nitrogens with zero attached hydrogens (tertiary/aromatic N) is 1. The molecule has 1 N–H and O–H groups in total. The van der Waals surface area contributed by atoms with Crippen LogP contribution in [0.2, 0.25) is 0 Å². The highest BCUT2D eigenvalue weighted by Gasteiger charge is 2.28. The van der Waals surface area contributed by atoms with Gasteiger partial charge >= 0.3 is 0 Å². The lowest BCUT2D eigenvalue weighted by Gasteiger charge is -2.31. The summed E-state index contributed by atoms with van der Waals surface area (Å²) in [6, 6.07) is 9.56. The molecule has 5 heteroatoms. The lowest BCUT2D eigenvalue weighted by atomic mass is 10.0. The van der Waals surface area contributed by atoms with Crippen molar-refractivity contribution in [3.8, 4) is 0 Å². The van der Waals surface area contributed by atoms with Gasteiger partial charge in [-0.2, -0.15) is 0 Å². The number of benzene rings is 1. The maximum Gasteiger partial charge on any atom is 0.227 e. The van der Waals surface area contributed by atoms with Crippen molar-refractivity contribution in [2.75, 3.05) is 6.54 Å². The summed E-state index contributed by atoms with van der Waals surface area (Å²) in [7, 11) is 0. The summed E-state index contributed by atoms with van der Waals surface area (Å²) in [6.07, 6.45) is 5.57.